The summed E-state index contributed by atoms with van der Waals surface area (Å²) >= 11 is 1.99. The minimum atomic E-state index is -0.617. The third-order valence-electron chi connectivity index (χ3n) is 4.55. The first-order valence-electron chi connectivity index (χ1n) is 8.30. The van der Waals surface area contributed by atoms with Crippen LogP contribution in [0.1, 0.15) is 50.7 Å². The van der Waals surface area contributed by atoms with Crippen LogP contribution in [-0.4, -0.2) is 35.4 Å². The molecule has 0 radical (unpaired) electrons. The Morgan fingerprint density at radius 2 is 1.90 bits per heavy atom. The monoisotopic (exact) mass is 307 g/mol. The van der Waals surface area contributed by atoms with Gasteiger partial charge < -0.3 is 10.0 Å². The van der Waals surface area contributed by atoms with Crippen LogP contribution in [0.5, 0.6) is 0 Å². The second kappa shape index (κ2) is 8.21. The van der Waals surface area contributed by atoms with Crippen molar-refractivity contribution in [3.8, 4) is 0 Å². The first-order valence-corrected chi connectivity index (χ1v) is 9.46. The number of rotatable bonds is 7. The average molecular weight is 308 g/mol. The number of nitrogens with zero attached hydrogens (tertiary/aromatic N) is 1. The highest BCUT2D eigenvalue weighted by Gasteiger charge is 2.34. The molecule has 0 spiro atoms. The highest BCUT2D eigenvalue weighted by Crippen LogP contribution is 2.35. The summed E-state index contributed by atoms with van der Waals surface area (Å²) in [5.74, 6) is 2.24. The number of hydrogen-bond acceptors (Lipinski definition) is 3. The smallest absolute Gasteiger partial charge is 0.0923 e. The number of benzene rings is 1. The SMILES string of the molecule is CCCCSCc1ccccc1C1(O)CCN(CC)CC1. The predicted octanol–water partition coefficient (Wildman–Crippen LogP) is 4.02. The Morgan fingerprint density at radius 3 is 2.57 bits per heavy atom. The molecule has 1 saturated heterocycles. The molecule has 0 amide bonds. The second-order valence-electron chi connectivity index (χ2n) is 6.03. The van der Waals surface area contributed by atoms with Crippen LogP contribution < -0.4 is 0 Å². The minimum absolute atomic E-state index is 0.617. The third kappa shape index (κ3) is 4.48. The molecule has 0 atom stereocenters. The quantitative estimate of drug-likeness (QED) is 0.770. The molecular weight excluding hydrogens is 278 g/mol. The van der Waals surface area contributed by atoms with Gasteiger partial charge in [0.25, 0.3) is 0 Å². The largest absolute Gasteiger partial charge is 0.385 e. The lowest BCUT2D eigenvalue weighted by Gasteiger charge is -2.39. The highest BCUT2D eigenvalue weighted by atomic mass is 32.2. The van der Waals surface area contributed by atoms with Gasteiger partial charge in [0.2, 0.25) is 0 Å². The van der Waals surface area contributed by atoms with E-state index in [-0.39, 0.29) is 0 Å². The number of aliphatic hydroxyl groups is 1. The molecule has 0 saturated carbocycles. The van der Waals surface area contributed by atoms with Crippen LogP contribution >= 0.6 is 11.8 Å². The van der Waals surface area contributed by atoms with Crippen molar-refractivity contribution in [2.75, 3.05) is 25.4 Å². The van der Waals surface area contributed by atoms with Crippen molar-refractivity contribution in [3.05, 3.63) is 35.4 Å². The fourth-order valence-corrected chi connectivity index (χ4v) is 4.15. The number of piperidine rings is 1. The topological polar surface area (TPSA) is 23.5 Å². The Labute approximate surface area is 133 Å². The van der Waals surface area contributed by atoms with E-state index in [1.54, 1.807) is 0 Å². The van der Waals surface area contributed by atoms with Crippen molar-refractivity contribution in [2.24, 2.45) is 0 Å². The van der Waals surface area contributed by atoms with E-state index in [1.807, 2.05) is 11.8 Å². The number of thioether (sulfide) groups is 1. The van der Waals surface area contributed by atoms with E-state index in [1.165, 1.54) is 29.7 Å². The average Bonchev–Trinajstić information content (AvgIpc) is 2.53. The molecule has 1 N–H and O–H groups in total. The first kappa shape index (κ1) is 16.9. The zero-order valence-electron chi connectivity index (χ0n) is 13.5. The zero-order chi connectivity index (χ0) is 15.1. The standard InChI is InChI=1S/C18H29NOS/c1-3-5-14-21-15-16-8-6-7-9-17(16)18(20)10-12-19(4-2)13-11-18/h6-9,20H,3-5,10-15H2,1-2H3. The molecule has 1 aliphatic rings. The van der Waals surface area contributed by atoms with Gasteiger partial charge in [-0.3, -0.25) is 0 Å². The van der Waals surface area contributed by atoms with Crippen LogP contribution in [0.4, 0.5) is 0 Å². The summed E-state index contributed by atoms with van der Waals surface area (Å²) in [4.78, 5) is 2.42. The van der Waals surface area contributed by atoms with Gasteiger partial charge in [-0.15, -0.1) is 0 Å². The van der Waals surface area contributed by atoms with Gasteiger partial charge in [0.05, 0.1) is 5.60 Å². The highest BCUT2D eigenvalue weighted by molar-refractivity contribution is 7.98. The maximum Gasteiger partial charge on any atom is 0.0923 e. The summed E-state index contributed by atoms with van der Waals surface area (Å²) in [6, 6.07) is 8.50. The van der Waals surface area contributed by atoms with Gasteiger partial charge in [-0.05, 0) is 42.7 Å². The summed E-state index contributed by atoms with van der Waals surface area (Å²) in [7, 11) is 0. The Balaban J connectivity index is 2.05. The van der Waals surface area contributed by atoms with Gasteiger partial charge in [-0.25, -0.2) is 0 Å². The Morgan fingerprint density at radius 1 is 1.19 bits per heavy atom. The molecule has 118 valence electrons. The Kier molecular flexibility index (Phi) is 6.59. The summed E-state index contributed by atoms with van der Waals surface area (Å²) in [6.45, 7) is 7.53. The molecule has 0 unspecified atom stereocenters. The van der Waals surface area contributed by atoms with Crippen molar-refractivity contribution in [1.82, 2.24) is 4.90 Å². The molecule has 1 aromatic carbocycles. The van der Waals surface area contributed by atoms with Crippen LogP contribution in [0.15, 0.2) is 24.3 Å². The Hall–Kier alpha value is -0.510. The molecule has 1 aliphatic heterocycles. The molecule has 3 heteroatoms. The Bertz CT molecular complexity index is 427. The third-order valence-corrected chi connectivity index (χ3v) is 5.64. The van der Waals surface area contributed by atoms with Crippen LogP contribution in [0, 0.1) is 0 Å². The van der Waals surface area contributed by atoms with Crippen molar-refractivity contribution in [1.29, 1.82) is 0 Å². The van der Waals surface area contributed by atoms with E-state index in [2.05, 4.69) is 43.0 Å². The van der Waals surface area contributed by atoms with E-state index in [0.29, 0.717) is 0 Å². The van der Waals surface area contributed by atoms with E-state index >= 15 is 0 Å². The molecule has 2 rings (SSSR count). The fraction of sp³-hybridized carbons (Fsp3) is 0.667. The minimum Gasteiger partial charge on any atom is -0.385 e. The van der Waals surface area contributed by atoms with Gasteiger partial charge in [-0.1, -0.05) is 44.5 Å². The molecule has 1 heterocycles. The molecular formula is C18H29NOS. The second-order valence-corrected chi connectivity index (χ2v) is 7.13. The molecule has 1 aromatic rings. The van der Waals surface area contributed by atoms with E-state index in [4.69, 9.17) is 0 Å². The van der Waals surface area contributed by atoms with Crippen LogP contribution in [0.25, 0.3) is 0 Å². The maximum atomic E-state index is 11.1. The summed E-state index contributed by atoms with van der Waals surface area (Å²) in [6.07, 6.45) is 4.25. The molecule has 21 heavy (non-hydrogen) atoms. The summed E-state index contributed by atoms with van der Waals surface area (Å²) in [5, 5.41) is 11.1. The van der Waals surface area contributed by atoms with Crippen molar-refractivity contribution in [3.63, 3.8) is 0 Å². The lowest BCUT2D eigenvalue weighted by molar-refractivity contribution is -0.0252. The maximum absolute atomic E-state index is 11.1. The fourth-order valence-electron chi connectivity index (χ4n) is 3.04. The summed E-state index contributed by atoms with van der Waals surface area (Å²) in [5.41, 5.74) is 1.88. The van der Waals surface area contributed by atoms with Gasteiger partial charge in [0, 0.05) is 18.8 Å². The van der Waals surface area contributed by atoms with Crippen LogP contribution in [0.3, 0.4) is 0 Å². The number of likely N-dealkylation sites (tertiary alicyclic amines) is 1. The van der Waals surface area contributed by atoms with Crippen LogP contribution in [0.2, 0.25) is 0 Å². The normalized spacial score (nSPS) is 18.8. The van der Waals surface area contributed by atoms with Gasteiger partial charge >= 0.3 is 0 Å². The van der Waals surface area contributed by atoms with E-state index in [9.17, 15) is 5.11 Å². The number of unbranched alkanes of at least 4 members (excludes halogenated alkanes) is 1. The molecule has 0 aliphatic carbocycles. The first-order chi connectivity index (χ1) is 10.2. The molecule has 2 nitrogen and oxygen atoms in total. The number of hydrogen-bond donors (Lipinski definition) is 1. The van der Waals surface area contributed by atoms with Gasteiger partial charge in [0.15, 0.2) is 0 Å². The van der Waals surface area contributed by atoms with E-state index in [0.717, 1.165) is 38.2 Å². The lowest BCUT2D eigenvalue weighted by Crippen LogP contribution is -2.42. The van der Waals surface area contributed by atoms with Crippen molar-refractivity contribution >= 4 is 11.8 Å². The molecule has 0 aromatic heterocycles. The molecule has 1 fully saturated rings. The van der Waals surface area contributed by atoms with Crippen LogP contribution in [-0.2, 0) is 11.4 Å². The van der Waals surface area contributed by atoms with Gasteiger partial charge in [-0.2, -0.15) is 11.8 Å². The zero-order valence-corrected chi connectivity index (χ0v) is 14.3. The predicted molar refractivity (Wildman–Crippen MR) is 92.8 cm³/mol. The van der Waals surface area contributed by atoms with Crippen molar-refractivity contribution < 1.29 is 5.11 Å². The van der Waals surface area contributed by atoms with Gasteiger partial charge in [0.1, 0.15) is 0 Å². The van der Waals surface area contributed by atoms with Crippen molar-refractivity contribution in [2.45, 2.75) is 50.9 Å². The molecule has 0 bridgehead atoms. The lowest BCUT2D eigenvalue weighted by atomic mass is 9.82. The summed E-state index contributed by atoms with van der Waals surface area (Å²) < 4.78 is 0. The van der Waals surface area contributed by atoms with E-state index < -0.39 is 5.60 Å².